The maximum absolute atomic E-state index is 13.9. The van der Waals surface area contributed by atoms with Gasteiger partial charge in [0.05, 0.1) is 12.7 Å². The topological polar surface area (TPSA) is 41.6 Å². The van der Waals surface area contributed by atoms with Gasteiger partial charge in [0, 0.05) is 31.2 Å². The molecule has 1 aliphatic heterocycles. The van der Waals surface area contributed by atoms with Crippen molar-refractivity contribution in [2.75, 3.05) is 20.2 Å². The SMILES string of the molecule is COc1ccc(C(=O)N2CC(C)NCC2C)c(F)c1.Cl. The molecule has 0 spiro atoms. The van der Waals surface area contributed by atoms with Gasteiger partial charge in [-0.2, -0.15) is 0 Å². The molecule has 20 heavy (non-hydrogen) atoms. The number of ether oxygens (including phenoxy) is 1. The van der Waals surface area contributed by atoms with Crippen molar-refractivity contribution in [3.8, 4) is 5.75 Å². The lowest BCUT2D eigenvalue weighted by Crippen LogP contribution is -2.56. The van der Waals surface area contributed by atoms with Crippen LogP contribution in [0.3, 0.4) is 0 Å². The molecular formula is C14H20ClFN2O2. The van der Waals surface area contributed by atoms with Gasteiger partial charge in [-0.3, -0.25) is 4.79 Å². The van der Waals surface area contributed by atoms with Crippen LogP contribution in [0.15, 0.2) is 18.2 Å². The van der Waals surface area contributed by atoms with Gasteiger partial charge in [0.25, 0.3) is 5.91 Å². The van der Waals surface area contributed by atoms with Gasteiger partial charge < -0.3 is 15.0 Å². The fourth-order valence-corrected chi connectivity index (χ4v) is 2.26. The van der Waals surface area contributed by atoms with Crippen molar-refractivity contribution in [3.05, 3.63) is 29.6 Å². The molecule has 1 fully saturated rings. The summed E-state index contributed by atoms with van der Waals surface area (Å²) in [5.74, 6) is -0.389. The molecule has 2 unspecified atom stereocenters. The lowest BCUT2D eigenvalue weighted by molar-refractivity contribution is 0.0611. The van der Waals surface area contributed by atoms with E-state index in [4.69, 9.17) is 4.74 Å². The number of amides is 1. The summed E-state index contributed by atoms with van der Waals surface area (Å²) >= 11 is 0. The third kappa shape index (κ3) is 3.41. The number of carbonyl (C=O) groups excluding carboxylic acids is 1. The molecular weight excluding hydrogens is 283 g/mol. The second-order valence-corrected chi connectivity index (χ2v) is 4.96. The zero-order valence-electron chi connectivity index (χ0n) is 11.9. The molecule has 4 nitrogen and oxygen atoms in total. The Morgan fingerprint density at radius 3 is 2.75 bits per heavy atom. The molecule has 2 rings (SSSR count). The molecule has 0 saturated carbocycles. The Balaban J connectivity index is 0.00000200. The summed E-state index contributed by atoms with van der Waals surface area (Å²) in [7, 11) is 1.47. The van der Waals surface area contributed by atoms with Crippen LogP contribution < -0.4 is 10.1 Å². The van der Waals surface area contributed by atoms with E-state index in [1.165, 1.54) is 19.2 Å². The Bertz CT molecular complexity index is 484. The predicted molar refractivity (Wildman–Crippen MR) is 78.2 cm³/mol. The zero-order chi connectivity index (χ0) is 14.0. The van der Waals surface area contributed by atoms with Gasteiger partial charge in [-0.05, 0) is 26.0 Å². The van der Waals surface area contributed by atoms with Crippen LogP contribution >= 0.6 is 12.4 Å². The van der Waals surface area contributed by atoms with Crippen LogP contribution in [0.1, 0.15) is 24.2 Å². The highest BCUT2D eigenvalue weighted by Gasteiger charge is 2.28. The minimum atomic E-state index is -0.539. The van der Waals surface area contributed by atoms with Gasteiger partial charge in [0.2, 0.25) is 0 Å². The maximum atomic E-state index is 13.9. The van der Waals surface area contributed by atoms with E-state index in [-0.39, 0.29) is 36.0 Å². The quantitative estimate of drug-likeness (QED) is 0.909. The fourth-order valence-electron chi connectivity index (χ4n) is 2.26. The van der Waals surface area contributed by atoms with Crippen LogP contribution in [0.4, 0.5) is 4.39 Å². The van der Waals surface area contributed by atoms with Crippen LogP contribution in [0.25, 0.3) is 0 Å². The van der Waals surface area contributed by atoms with Crippen molar-refractivity contribution in [3.63, 3.8) is 0 Å². The molecule has 0 aliphatic carbocycles. The van der Waals surface area contributed by atoms with E-state index < -0.39 is 5.82 Å². The number of piperazine rings is 1. The van der Waals surface area contributed by atoms with Crippen molar-refractivity contribution < 1.29 is 13.9 Å². The summed E-state index contributed by atoms with van der Waals surface area (Å²) in [5.41, 5.74) is 0.0988. The Morgan fingerprint density at radius 1 is 1.45 bits per heavy atom. The molecule has 1 N–H and O–H groups in total. The smallest absolute Gasteiger partial charge is 0.257 e. The van der Waals surface area contributed by atoms with Gasteiger partial charge in [-0.1, -0.05) is 0 Å². The number of nitrogens with zero attached hydrogens (tertiary/aromatic N) is 1. The Labute approximate surface area is 124 Å². The summed E-state index contributed by atoms with van der Waals surface area (Å²) in [6.07, 6.45) is 0. The molecule has 6 heteroatoms. The first-order valence-corrected chi connectivity index (χ1v) is 6.40. The highest BCUT2D eigenvalue weighted by molar-refractivity contribution is 5.95. The third-order valence-corrected chi connectivity index (χ3v) is 3.43. The number of carbonyl (C=O) groups is 1. The van der Waals surface area contributed by atoms with Gasteiger partial charge in [0.15, 0.2) is 0 Å². The zero-order valence-corrected chi connectivity index (χ0v) is 12.7. The van der Waals surface area contributed by atoms with E-state index in [1.54, 1.807) is 11.0 Å². The van der Waals surface area contributed by atoms with Crippen molar-refractivity contribution in [1.29, 1.82) is 0 Å². The van der Waals surface area contributed by atoms with Crippen molar-refractivity contribution in [2.24, 2.45) is 0 Å². The van der Waals surface area contributed by atoms with E-state index >= 15 is 0 Å². The van der Waals surface area contributed by atoms with Crippen LogP contribution in [0, 0.1) is 5.82 Å². The van der Waals surface area contributed by atoms with E-state index in [0.29, 0.717) is 12.3 Å². The van der Waals surface area contributed by atoms with Crippen molar-refractivity contribution >= 4 is 18.3 Å². The molecule has 1 heterocycles. The maximum Gasteiger partial charge on any atom is 0.257 e. The molecule has 1 aromatic carbocycles. The number of rotatable bonds is 2. The first kappa shape index (κ1) is 16.7. The monoisotopic (exact) mass is 302 g/mol. The number of hydrogen-bond acceptors (Lipinski definition) is 3. The number of halogens is 2. The molecule has 0 aromatic heterocycles. The highest BCUT2D eigenvalue weighted by atomic mass is 35.5. The van der Waals surface area contributed by atoms with Gasteiger partial charge in [0.1, 0.15) is 11.6 Å². The lowest BCUT2D eigenvalue weighted by atomic mass is 10.1. The summed E-state index contributed by atoms with van der Waals surface area (Å²) in [6.45, 7) is 5.28. The van der Waals surface area contributed by atoms with Gasteiger partial charge in [-0.15, -0.1) is 12.4 Å². The third-order valence-electron chi connectivity index (χ3n) is 3.43. The van der Waals surface area contributed by atoms with E-state index in [1.807, 2.05) is 13.8 Å². The van der Waals surface area contributed by atoms with Crippen molar-refractivity contribution in [1.82, 2.24) is 10.2 Å². The first-order valence-electron chi connectivity index (χ1n) is 6.40. The standard InChI is InChI=1S/C14H19FN2O2.ClH/c1-9-8-17(10(2)7-16-9)14(18)12-5-4-11(19-3)6-13(12)15;/h4-6,9-10,16H,7-8H2,1-3H3;1H. The predicted octanol–water partition coefficient (Wildman–Crippen LogP) is 2.08. The van der Waals surface area contributed by atoms with E-state index in [9.17, 15) is 9.18 Å². The molecule has 1 amide bonds. The van der Waals surface area contributed by atoms with Crippen LogP contribution in [0.2, 0.25) is 0 Å². The number of nitrogens with one attached hydrogen (secondary N) is 1. The minimum absolute atomic E-state index is 0. The minimum Gasteiger partial charge on any atom is -0.497 e. The van der Waals surface area contributed by atoms with Crippen molar-refractivity contribution in [2.45, 2.75) is 25.9 Å². The molecule has 1 aromatic rings. The summed E-state index contributed by atoms with van der Waals surface area (Å²) in [6, 6.07) is 4.61. The fraction of sp³-hybridized carbons (Fsp3) is 0.500. The van der Waals surface area contributed by atoms with Crippen LogP contribution in [-0.4, -0.2) is 43.1 Å². The second kappa shape index (κ2) is 6.90. The molecule has 1 saturated heterocycles. The second-order valence-electron chi connectivity index (χ2n) is 4.96. The number of hydrogen-bond donors (Lipinski definition) is 1. The largest absolute Gasteiger partial charge is 0.497 e. The molecule has 112 valence electrons. The summed E-state index contributed by atoms with van der Waals surface area (Å²) < 4.78 is 18.9. The number of benzene rings is 1. The Morgan fingerprint density at radius 2 is 2.15 bits per heavy atom. The van der Waals surface area contributed by atoms with E-state index in [2.05, 4.69) is 5.32 Å². The first-order chi connectivity index (χ1) is 9.02. The number of methoxy groups -OCH3 is 1. The molecule has 1 aliphatic rings. The normalized spacial score (nSPS) is 22.1. The van der Waals surface area contributed by atoms with Crippen LogP contribution in [0.5, 0.6) is 5.75 Å². The summed E-state index contributed by atoms with van der Waals surface area (Å²) in [4.78, 5) is 14.1. The molecule has 0 bridgehead atoms. The molecule has 2 atom stereocenters. The average molecular weight is 303 g/mol. The van der Waals surface area contributed by atoms with E-state index in [0.717, 1.165) is 6.54 Å². The Hall–Kier alpha value is -1.33. The van der Waals surface area contributed by atoms with Gasteiger partial charge >= 0.3 is 0 Å². The summed E-state index contributed by atoms with van der Waals surface area (Å²) in [5, 5.41) is 3.29. The van der Waals surface area contributed by atoms with Crippen LogP contribution in [-0.2, 0) is 0 Å². The molecule has 0 radical (unpaired) electrons. The highest BCUT2D eigenvalue weighted by Crippen LogP contribution is 2.19. The lowest BCUT2D eigenvalue weighted by Gasteiger charge is -2.37. The van der Waals surface area contributed by atoms with Gasteiger partial charge in [-0.25, -0.2) is 4.39 Å². The average Bonchev–Trinajstić information content (AvgIpc) is 2.40. The Kier molecular flexibility index (Phi) is 5.77.